The van der Waals surface area contributed by atoms with E-state index in [0.29, 0.717) is 26.2 Å². The molecule has 0 aliphatic heterocycles. The van der Waals surface area contributed by atoms with Crippen molar-refractivity contribution in [1.29, 1.82) is 0 Å². The summed E-state index contributed by atoms with van der Waals surface area (Å²) in [4.78, 5) is 9.78. The van der Waals surface area contributed by atoms with E-state index < -0.39 is 0 Å². The van der Waals surface area contributed by atoms with Crippen LogP contribution in [0.5, 0.6) is 0 Å². The first-order valence-electron chi connectivity index (χ1n) is 3.51. The second-order valence-electron chi connectivity index (χ2n) is 1.76. The van der Waals surface area contributed by atoms with E-state index in [1.54, 1.807) is 0 Å². The van der Waals surface area contributed by atoms with Crippen molar-refractivity contribution in [2.24, 2.45) is 0 Å². The molecule has 0 aromatic heterocycles. The summed E-state index contributed by atoms with van der Waals surface area (Å²) in [5, 5.41) is 0. The quantitative estimate of drug-likeness (QED) is 0.390. The van der Waals surface area contributed by atoms with Crippen LogP contribution in [0.25, 0.3) is 0 Å². The van der Waals surface area contributed by atoms with Gasteiger partial charge in [0.2, 0.25) is 0 Å². The molecule has 60 valence electrons. The maximum Gasteiger partial charge on any atom is 0.122 e. The van der Waals surface area contributed by atoms with Crippen LogP contribution in [-0.4, -0.2) is 32.7 Å². The maximum atomic E-state index is 9.78. The van der Waals surface area contributed by atoms with Crippen molar-refractivity contribution in [2.45, 2.75) is 13.3 Å². The molecule has 0 unspecified atom stereocenters. The van der Waals surface area contributed by atoms with E-state index in [0.717, 1.165) is 12.9 Å². The van der Waals surface area contributed by atoms with Crippen LogP contribution < -0.4 is 0 Å². The Hall–Kier alpha value is -0.410. The third-order valence-corrected chi connectivity index (χ3v) is 0.956. The largest absolute Gasteiger partial charge is 0.379 e. The van der Waals surface area contributed by atoms with Crippen molar-refractivity contribution in [3.63, 3.8) is 0 Å². The molecule has 0 saturated heterocycles. The molecule has 0 aliphatic carbocycles. The smallest absolute Gasteiger partial charge is 0.122 e. The molecule has 0 atom stereocenters. The summed E-state index contributed by atoms with van der Waals surface area (Å²) in [6, 6.07) is 0. The van der Waals surface area contributed by atoms with Gasteiger partial charge in [-0.1, -0.05) is 0 Å². The first kappa shape index (κ1) is 9.59. The van der Waals surface area contributed by atoms with Gasteiger partial charge in [-0.3, -0.25) is 0 Å². The predicted octanol–water partition coefficient (Wildman–Crippen LogP) is 0.629. The summed E-state index contributed by atoms with van der Waals surface area (Å²) in [6.45, 7) is 4.37. The molecule has 0 aliphatic rings. The first-order valence-corrected chi connectivity index (χ1v) is 3.51. The number of aldehydes is 1. The SMILES string of the molecule is CCOCCOCCC=O. The Morgan fingerprint density at radius 3 is 2.50 bits per heavy atom. The summed E-state index contributed by atoms with van der Waals surface area (Å²) < 4.78 is 10.0. The fourth-order valence-corrected chi connectivity index (χ4v) is 0.496. The molecule has 0 spiro atoms. The van der Waals surface area contributed by atoms with Crippen LogP contribution >= 0.6 is 0 Å². The minimum Gasteiger partial charge on any atom is -0.379 e. The van der Waals surface area contributed by atoms with Gasteiger partial charge in [-0.2, -0.15) is 0 Å². The normalized spacial score (nSPS) is 9.70. The van der Waals surface area contributed by atoms with Crippen LogP contribution in [0.3, 0.4) is 0 Å². The van der Waals surface area contributed by atoms with Gasteiger partial charge in [0.1, 0.15) is 6.29 Å². The lowest BCUT2D eigenvalue weighted by Crippen LogP contribution is -2.04. The van der Waals surface area contributed by atoms with E-state index in [2.05, 4.69) is 0 Å². The molecule has 0 bridgehead atoms. The van der Waals surface area contributed by atoms with Crippen molar-refractivity contribution in [3.8, 4) is 0 Å². The zero-order valence-electron chi connectivity index (χ0n) is 6.34. The van der Waals surface area contributed by atoms with Crippen LogP contribution in [0.2, 0.25) is 0 Å². The fraction of sp³-hybridized carbons (Fsp3) is 0.857. The van der Waals surface area contributed by atoms with Gasteiger partial charge in [0.05, 0.1) is 19.8 Å². The van der Waals surface area contributed by atoms with Crippen molar-refractivity contribution in [3.05, 3.63) is 0 Å². The zero-order valence-corrected chi connectivity index (χ0v) is 6.34. The molecule has 0 aromatic rings. The molecule has 0 saturated carbocycles. The number of hydrogen-bond acceptors (Lipinski definition) is 3. The molecule has 0 aromatic carbocycles. The third kappa shape index (κ3) is 7.59. The molecule has 0 fully saturated rings. The Bertz CT molecular complexity index is 73.3. The molecule has 3 heteroatoms. The van der Waals surface area contributed by atoms with Crippen LogP contribution in [-0.2, 0) is 14.3 Å². The minimum absolute atomic E-state index is 0.478. The van der Waals surface area contributed by atoms with E-state index in [9.17, 15) is 4.79 Å². The van der Waals surface area contributed by atoms with Gasteiger partial charge in [-0.05, 0) is 6.92 Å². The van der Waals surface area contributed by atoms with E-state index in [4.69, 9.17) is 9.47 Å². The summed E-state index contributed by atoms with van der Waals surface area (Å²) >= 11 is 0. The number of hydrogen-bond donors (Lipinski definition) is 0. The average Bonchev–Trinajstić information content (AvgIpc) is 1.97. The molecule has 0 radical (unpaired) electrons. The van der Waals surface area contributed by atoms with Gasteiger partial charge in [0, 0.05) is 13.0 Å². The highest BCUT2D eigenvalue weighted by Crippen LogP contribution is 1.79. The highest BCUT2D eigenvalue weighted by molar-refractivity contribution is 5.49. The van der Waals surface area contributed by atoms with Gasteiger partial charge in [0.15, 0.2) is 0 Å². The molecule has 0 heterocycles. The lowest BCUT2D eigenvalue weighted by Gasteiger charge is -2.00. The summed E-state index contributed by atoms with van der Waals surface area (Å²) in [7, 11) is 0. The van der Waals surface area contributed by atoms with Crippen LogP contribution in [0, 0.1) is 0 Å². The number of ether oxygens (including phenoxy) is 2. The number of carbonyl (C=O) groups is 1. The Balaban J connectivity index is 2.70. The topological polar surface area (TPSA) is 35.5 Å². The van der Waals surface area contributed by atoms with Gasteiger partial charge >= 0.3 is 0 Å². The minimum atomic E-state index is 0.478. The summed E-state index contributed by atoms with van der Waals surface area (Å²) in [5.41, 5.74) is 0. The van der Waals surface area contributed by atoms with E-state index >= 15 is 0 Å². The predicted molar refractivity (Wildman–Crippen MR) is 38.0 cm³/mol. The van der Waals surface area contributed by atoms with Gasteiger partial charge in [-0.15, -0.1) is 0 Å². The molecule has 0 amide bonds. The lowest BCUT2D eigenvalue weighted by molar-refractivity contribution is -0.108. The Morgan fingerprint density at radius 1 is 1.20 bits per heavy atom. The monoisotopic (exact) mass is 146 g/mol. The van der Waals surface area contributed by atoms with Crippen LogP contribution in [0.1, 0.15) is 13.3 Å². The Labute approximate surface area is 61.3 Å². The second-order valence-corrected chi connectivity index (χ2v) is 1.76. The summed E-state index contributed by atoms with van der Waals surface area (Å²) in [5.74, 6) is 0. The third-order valence-electron chi connectivity index (χ3n) is 0.956. The molecule has 0 rings (SSSR count). The average molecular weight is 146 g/mol. The number of rotatable bonds is 7. The van der Waals surface area contributed by atoms with Crippen molar-refractivity contribution < 1.29 is 14.3 Å². The van der Waals surface area contributed by atoms with Crippen molar-refractivity contribution in [1.82, 2.24) is 0 Å². The van der Waals surface area contributed by atoms with Crippen molar-refractivity contribution in [2.75, 3.05) is 26.4 Å². The first-order chi connectivity index (χ1) is 4.91. The molecule has 10 heavy (non-hydrogen) atoms. The molecule has 3 nitrogen and oxygen atoms in total. The lowest BCUT2D eigenvalue weighted by atomic mass is 10.5. The zero-order chi connectivity index (χ0) is 7.66. The molecule has 0 N–H and O–H groups in total. The molecular formula is C7H14O3. The highest BCUT2D eigenvalue weighted by atomic mass is 16.5. The fourth-order valence-electron chi connectivity index (χ4n) is 0.496. The highest BCUT2D eigenvalue weighted by Gasteiger charge is 1.86. The maximum absolute atomic E-state index is 9.78. The van der Waals surface area contributed by atoms with Crippen molar-refractivity contribution >= 4 is 6.29 Å². The Kier molecular flexibility index (Phi) is 8.24. The van der Waals surface area contributed by atoms with Gasteiger partial charge in [0.25, 0.3) is 0 Å². The van der Waals surface area contributed by atoms with E-state index in [-0.39, 0.29) is 0 Å². The van der Waals surface area contributed by atoms with E-state index in [1.165, 1.54) is 0 Å². The van der Waals surface area contributed by atoms with Crippen LogP contribution in [0.15, 0.2) is 0 Å². The second kappa shape index (κ2) is 8.59. The Morgan fingerprint density at radius 2 is 1.90 bits per heavy atom. The van der Waals surface area contributed by atoms with Gasteiger partial charge in [-0.25, -0.2) is 0 Å². The van der Waals surface area contributed by atoms with E-state index in [1.807, 2.05) is 6.92 Å². The van der Waals surface area contributed by atoms with Crippen LogP contribution in [0.4, 0.5) is 0 Å². The molecular weight excluding hydrogens is 132 g/mol. The standard InChI is InChI=1S/C7H14O3/c1-2-9-6-7-10-5-3-4-8/h4H,2-3,5-7H2,1H3. The number of carbonyl (C=O) groups excluding carboxylic acids is 1. The van der Waals surface area contributed by atoms with Gasteiger partial charge < -0.3 is 14.3 Å². The summed E-state index contributed by atoms with van der Waals surface area (Å²) in [6.07, 6.45) is 1.33.